The van der Waals surface area contributed by atoms with Gasteiger partial charge >= 0.3 is 55.4 Å². The Hall–Kier alpha value is -7.75. The van der Waals surface area contributed by atoms with Crippen molar-refractivity contribution in [3.63, 3.8) is 0 Å². The number of ketones is 1. The molecule has 0 aliphatic carbocycles. The van der Waals surface area contributed by atoms with Gasteiger partial charge in [0.2, 0.25) is 17.8 Å². The monoisotopic (exact) mass is 1270 g/mol. The molecule has 0 saturated heterocycles. The first-order chi connectivity index (χ1) is 40.0. The summed E-state index contributed by atoms with van der Waals surface area (Å²) in [7, 11) is 0. The van der Waals surface area contributed by atoms with E-state index < -0.39 is 195 Å². The molecular formula is C58H42BF24NO3. The normalized spacial score (nSPS) is 13.1. The Bertz CT molecular complexity index is 3140. The lowest BCUT2D eigenvalue weighted by atomic mass is 9.12. The first-order valence-corrected chi connectivity index (χ1v) is 25.5. The van der Waals surface area contributed by atoms with Crippen molar-refractivity contribution >= 4 is 50.7 Å². The highest BCUT2D eigenvalue weighted by atomic mass is 19.4. The molecule has 6 aromatic carbocycles. The molecule has 7 aromatic rings. The number of hydrogen-bond donors (Lipinski definition) is 0. The maximum absolute atomic E-state index is 14.2. The van der Waals surface area contributed by atoms with Crippen LogP contribution >= 0.6 is 0 Å². The fraction of sp³-hybridized carbons (Fsp3) is 0.293. The van der Waals surface area contributed by atoms with E-state index in [1.54, 1.807) is 22.8 Å². The van der Waals surface area contributed by atoms with E-state index in [0.29, 0.717) is 17.9 Å². The van der Waals surface area contributed by atoms with Crippen LogP contribution in [0.15, 0.2) is 140 Å². The second-order valence-corrected chi connectivity index (χ2v) is 19.8. The Kier molecular flexibility index (Phi) is 20.1. The SMILES string of the molecule is CCCCCCCCOC(=O)c1ccc2ccccc2[n+]1CC(=O)c1ccccc1.FC(F)(F)c1cc([B-](c2cc(C(F)(F)F)cc(C(F)(F)F)c2)(c2cc(C(F)(F)F)cc(C(F)(F)F)c2)c2cc(C(F)(F)F)cc(C(F)(F)F)c2)cc(C(F)(F)F)c1. The topological polar surface area (TPSA) is 47.2 Å². The van der Waals surface area contributed by atoms with E-state index in [9.17, 15) is 115 Å². The Balaban J connectivity index is 0.000000337. The van der Waals surface area contributed by atoms with Gasteiger partial charge < -0.3 is 4.74 Å². The summed E-state index contributed by atoms with van der Waals surface area (Å²) in [5, 5.41) is 0.978. The first kappa shape index (κ1) is 68.4. The van der Waals surface area contributed by atoms with Gasteiger partial charge in [-0.15, -0.1) is 0 Å². The molecule has 1 aromatic heterocycles. The maximum atomic E-state index is 14.2. The van der Waals surface area contributed by atoms with Gasteiger partial charge in [-0.05, 0) is 42.8 Å². The van der Waals surface area contributed by atoms with Gasteiger partial charge in [0.15, 0.2) is 0 Å². The average Bonchev–Trinajstić information content (AvgIpc) is 0.719. The zero-order chi connectivity index (χ0) is 65.1. The number of carbonyl (C=O) groups is 2. The lowest BCUT2D eigenvalue weighted by Gasteiger charge is -2.46. The van der Waals surface area contributed by atoms with E-state index in [1.165, 1.54) is 25.7 Å². The van der Waals surface area contributed by atoms with Crippen LogP contribution in [-0.2, 0) is 60.7 Å². The number of ether oxygens (including phenoxy) is 1. The number of halogens is 24. The number of unbranched alkanes of at least 4 members (excludes halogenated alkanes) is 5. The third kappa shape index (κ3) is 16.7. The van der Waals surface area contributed by atoms with Crippen LogP contribution in [0.5, 0.6) is 0 Å². The summed E-state index contributed by atoms with van der Waals surface area (Å²) in [6.07, 6.45) is -48.0. The standard InChI is InChI=1S/C32H12BF24.C26H30NO3/c34-25(35,36)13-1-14(26(37,38)39)6-21(5-13)33(22-7-15(27(40,41)42)2-16(8-22)28(43,44)45,23-9-17(29(46,47)48)3-18(10-23)30(49,50)51)24-11-19(31(52,53)54)4-20(12-24)32(55,56)57;1-2-3-4-5-6-12-19-30-26(29)24-18-17-21-13-10-11-16-23(21)27(24)20-25(28)22-14-8-7-9-15-22/h1-12H;7-11,13-18H,2-6,12,19-20H2,1H3/q-1;+1. The predicted molar refractivity (Wildman–Crippen MR) is 269 cm³/mol. The minimum atomic E-state index is -6.13. The number of benzene rings is 6. The third-order valence-electron chi connectivity index (χ3n) is 13.7. The average molecular weight is 1270 g/mol. The van der Waals surface area contributed by atoms with Gasteiger partial charge in [-0.25, -0.2) is 4.79 Å². The molecule has 0 amide bonds. The lowest BCUT2D eigenvalue weighted by Crippen LogP contribution is -2.75. The van der Waals surface area contributed by atoms with Crippen LogP contribution in [0.3, 0.4) is 0 Å². The molecule has 468 valence electrons. The molecule has 0 radical (unpaired) electrons. The molecule has 0 bridgehead atoms. The predicted octanol–water partition coefficient (Wildman–Crippen LogP) is 16.7. The molecule has 4 nitrogen and oxygen atoms in total. The van der Waals surface area contributed by atoms with Gasteiger partial charge in [0.05, 0.1) is 51.1 Å². The molecule has 29 heteroatoms. The number of pyridine rings is 1. The molecule has 0 aliphatic rings. The highest BCUT2D eigenvalue weighted by Gasteiger charge is 2.47. The fourth-order valence-corrected chi connectivity index (χ4v) is 9.66. The number of carbonyl (C=O) groups excluding carboxylic acids is 2. The van der Waals surface area contributed by atoms with Gasteiger partial charge in [0.1, 0.15) is 6.15 Å². The van der Waals surface area contributed by atoms with Crippen LogP contribution in [-0.4, -0.2) is 24.5 Å². The van der Waals surface area contributed by atoms with Crippen molar-refractivity contribution in [3.05, 3.63) is 195 Å². The zero-order valence-electron chi connectivity index (χ0n) is 44.3. The highest BCUT2D eigenvalue weighted by molar-refractivity contribution is 7.20. The summed E-state index contributed by atoms with van der Waals surface area (Å²) < 4.78 is 348. The van der Waals surface area contributed by atoms with Crippen molar-refractivity contribution in [3.8, 4) is 0 Å². The summed E-state index contributed by atoms with van der Waals surface area (Å²) in [6, 6.07) is 11.8. The molecule has 0 atom stereocenters. The molecule has 0 fully saturated rings. The van der Waals surface area contributed by atoms with Crippen LogP contribution in [0.25, 0.3) is 10.9 Å². The number of hydrogen-bond acceptors (Lipinski definition) is 3. The van der Waals surface area contributed by atoms with Crippen molar-refractivity contribution < 1.29 is 124 Å². The molecule has 0 saturated carbocycles. The number of alkyl halides is 24. The number of Topliss-reactive ketones (excluding diaryl/α,β-unsaturated/α-hetero) is 1. The van der Waals surface area contributed by atoms with Crippen molar-refractivity contribution in [1.82, 2.24) is 0 Å². The molecule has 0 N–H and O–H groups in total. The van der Waals surface area contributed by atoms with Crippen LogP contribution in [0, 0.1) is 0 Å². The number of aromatic nitrogens is 1. The third-order valence-corrected chi connectivity index (χ3v) is 13.7. The molecule has 87 heavy (non-hydrogen) atoms. The van der Waals surface area contributed by atoms with Crippen molar-refractivity contribution in [2.75, 3.05) is 6.61 Å². The van der Waals surface area contributed by atoms with Crippen molar-refractivity contribution in [2.45, 2.75) is 101 Å². The molecular weight excluding hydrogens is 1230 g/mol. The van der Waals surface area contributed by atoms with E-state index in [4.69, 9.17) is 4.74 Å². The van der Waals surface area contributed by atoms with Crippen molar-refractivity contribution in [1.29, 1.82) is 0 Å². The fourth-order valence-electron chi connectivity index (χ4n) is 9.66. The van der Waals surface area contributed by atoms with E-state index in [2.05, 4.69) is 6.92 Å². The van der Waals surface area contributed by atoms with Crippen LogP contribution < -0.4 is 26.4 Å². The first-order valence-electron chi connectivity index (χ1n) is 25.5. The summed E-state index contributed by atoms with van der Waals surface area (Å²) in [6.45, 7) is 2.69. The van der Waals surface area contributed by atoms with Gasteiger partial charge in [0.25, 0.3) is 5.69 Å². The van der Waals surface area contributed by atoms with Crippen LogP contribution in [0.1, 0.15) is 111 Å². The summed E-state index contributed by atoms with van der Waals surface area (Å²) in [5.41, 5.74) is -28.3. The Morgan fingerprint density at radius 2 is 0.690 bits per heavy atom. The van der Waals surface area contributed by atoms with E-state index in [0.717, 1.165) is 23.7 Å². The Morgan fingerprint density at radius 3 is 1.02 bits per heavy atom. The molecule has 0 unspecified atom stereocenters. The second-order valence-electron chi connectivity index (χ2n) is 19.8. The number of nitrogens with zero attached hydrogens (tertiary/aromatic N) is 1. The van der Waals surface area contributed by atoms with Gasteiger partial charge in [-0.3, -0.25) is 4.79 Å². The molecule has 1 heterocycles. The lowest BCUT2D eigenvalue weighted by molar-refractivity contribution is -0.659. The number of para-hydroxylation sites is 1. The Morgan fingerprint density at radius 1 is 0.379 bits per heavy atom. The van der Waals surface area contributed by atoms with Crippen molar-refractivity contribution in [2.24, 2.45) is 0 Å². The zero-order valence-corrected chi connectivity index (χ0v) is 44.3. The quantitative estimate of drug-likeness (QED) is 0.0257. The van der Waals surface area contributed by atoms with E-state index in [1.807, 2.05) is 48.5 Å². The van der Waals surface area contributed by atoms with E-state index >= 15 is 0 Å². The van der Waals surface area contributed by atoms with Crippen LogP contribution in [0.4, 0.5) is 105 Å². The number of esters is 1. The van der Waals surface area contributed by atoms with Gasteiger partial charge in [-0.2, -0.15) is 132 Å². The Labute approximate surface area is 477 Å². The number of rotatable bonds is 15. The minimum Gasteiger partial charge on any atom is -0.458 e. The van der Waals surface area contributed by atoms with Gasteiger partial charge in [0, 0.05) is 23.1 Å². The molecule has 7 rings (SSSR count). The van der Waals surface area contributed by atoms with Gasteiger partial charge in [-0.1, -0.05) is 130 Å². The highest BCUT2D eigenvalue weighted by Crippen LogP contribution is 2.41. The number of fused-ring (bicyclic) bond motifs is 1. The summed E-state index contributed by atoms with van der Waals surface area (Å²) in [4.78, 5) is 25.7. The van der Waals surface area contributed by atoms with Crippen LogP contribution in [0.2, 0.25) is 0 Å². The summed E-state index contributed by atoms with van der Waals surface area (Å²) in [5.74, 6) is -0.419. The van der Waals surface area contributed by atoms with E-state index in [-0.39, 0.29) is 18.3 Å². The summed E-state index contributed by atoms with van der Waals surface area (Å²) >= 11 is 0. The second kappa shape index (κ2) is 25.5. The maximum Gasteiger partial charge on any atom is 0.416 e. The smallest absolute Gasteiger partial charge is 0.416 e. The largest absolute Gasteiger partial charge is 0.458 e. The molecule has 0 spiro atoms. The minimum absolute atomic E-state index is 0.0399. The molecule has 0 aliphatic heterocycles.